The van der Waals surface area contributed by atoms with E-state index >= 15 is 0 Å². The molecule has 1 aromatic heterocycles. The van der Waals surface area contributed by atoms with Gasteiger partial charge in [0, 0.05) is 19.4 Å². The minimum atomic E-state index is -0.751. The van der Waals surface area contributed by atoms with Gasteiger partial charge in [-0.15, -0.1) is 0 Å². The van der Waals surface area contributed by atoms with E-state index in [0.717, 1.165) is 12.8 Å². The standard InChI is InChI=1S/C13H20N2O4/c1-2-18-8-5-10-14-11(19-15-10)9-13(12(16)17)6-3-4-7-13/h2-9H2,1H3,(H,16,17). The van der Waals surface area contributed by atoms with E-state index in [4.69, 9.17) is 9.26 Å². The van der Waals surface area contributed by atoms with Gasteiger partial charge in [-0.25, -0.2) is 0 Å². The number of hydrogen-bond acceptors (Lipinski definition) is 5. The van der Waals surface area contributed by atoms with Crippen LogP contribution in [0.2, 0.25) is 0 Å². The molecule has 0 atom stereocenters. The van der Waals surface area contributed by atoms with Crippen molar-refractivity contribution in [1.29, 1.82) is 0 Å². The number of rotatable bonds is 7. The minimum absolute atomic E-state index is 0.337. The minimum Gasteiger partial charge on any atom is -0.481 e. The fourth-order valence-corrected chi connectivity index (χ4v) is 2.58. The van der Waals surface area contributed by atoms with Gasteiger partial charge in [0.1, 0.15) is 0 Å². The van der Waals surface area contributed by atoms with E-state index in [-0.39, 0.29) is 0 Å². The molecule has 1 saturated carbocycles. The van der Waals surface area contributed by atoms with Gasteiger partial charge in [-0.1, -0.05) is 18.0 Å². The quantitative estimate of drug-likeness (QED) is 0.759. The number of carbonyl (C=O) groups is 1. The first-order valence-corrected chi connectivity index (χ1v) is 6.79. The molecule has 1 aliphatic rings. The van der Waals surface area contributed by atoms with Crippen LogP contribution in [-0.2, 0) is 22.4 Å². The maximum Gasteiger partial charge on any atom is 0.310 e. The monoisotopic (exact) mass is 268 g/mol. The molecule has 6 nitrogen and oxygen atoms in total. The van der Waals surface area contributed by atoms with Crippen LogP contribution in [0.3, 0.4) is 0 Å². The Morgan fingerprint density at radius 1 is 1.47 bits per heavy atom. The highest BCUT2D eigenvalue weighted by atomic mass is 16.5. The zero-order chi connectivity index (χ0) is 13.7. The Bertz CT molecular complexity index is 424. The largest absolute Gasteiger partial charge is 0.481 e. The molecule has 1 heterocycles. The molecule has 0 spiro atoms. The van der Waals surface area contributed by atoms with Crippen molar-refractivity contribution in [3.63, 3.8) is 0 Å². The van der Waals surface area contributed by atoms with E-state index in [0.29, 0.717) is 50.6 Å². The summed E-state index contributed by atoms with van der Waals surface area (Å²) in [5, 5.41) is 13.3. The van der Waals surface area contributed by atoms with Crippen LogP contribution in [0.5, 0.6) is 0 Å². The lowest BCUT2D eigenvalue weighted by molar-refractivity contribution is -0.148. The van der Waals surface area contributed by atoms with Crippen LogP contribution in [0.15, 0.2) is 4.52 Å². The van der Waals surface area contributed by atoms with Crippen LogP contribution in [0.1, 0.15) is 44.3 Å². The van der Waals surface area contributed by atoms with Crippen LogP contribution < -0.4 is 0 Å². The number of carboxylic acids is 1. The van der Waals surface area contributed by atoms with E-state index in [1.54, 1.807) is 0 Å². The maximum absolute atomic E-state index is 11.4. The third kappa shape index (κ3) is 3.32. The van der Waals surface area contributed by atoms with Gasteiger partial charge in [-0.2, -0.15) is 4.98 Å². The van der Waals surface area contributed by atoms with E-state index in [1.165, 1.54) is 0 Å². The summed E-state index contributed by atoms with van der Waals surface area (Å²) in [5.41, 5.74) is -0.705. The van der Waals surface area contributed by atoms with Crippen molar-refractivity contribution >= 4 is 5.97 Å². The highest BCUT2D eigenvalue weighted by Crippen LogP contribution is 2.40. The van der Waals surface area contributed by atoms with Crippen molar-refractivity contribution in [1.82, 2.24) is 10.1 Å². The second-order valence-corrected chi connectivity index (χ2v) is 5.02. The second-order valence-electron chi connectivity index (χ2n) is 5.02. The van der Waals surface area contributed by atoms with E-state index < -0.39 is 11.4 Å². The van der Waals surface area contributed by atoms with E-state index in [9.17, 15) is 9.90 Å². The Morgan fingerprint density at radius 2 is 2.21 bits per heavy atom. The van der Waals surface area contributed by atoms with Crippen LogP contribution in [-0.4, -0.2) is 34.4 Å². The molecule has 0 unspecified atom stereocenters. The lowest BCUT2D eigenvalue weighted by Crippen LogP contribution is -2.30. The van der Waals surface area contributed by atoms with E-state index in [1.807, 2.05) is 6.92 Å². The van der Waals surface area contributed by atoms with Crippen molar-refractivity contribution in [3.05, 3.63) is 11.7 Å². The first-order valence-electron chi connectivity index (χ1n) is 6.79. The first-order chi connectivity index (χ1) is 9.16. The number of carboxylic acid groups (broad SMARTS) is 1. The molecule has 106 valence electrons. The molecule has 0 aliphatic heterocycles. The molecule has 1 N–H and O–H groups in total. The summed E-state index contributed by atoms with van der Waals surface area (Å²) in [6, 6.07) is 0. The fourth-order valence-electron chi connectivity index (χ4n) is 2.58. The molecule has 19 heavy (non-hydrogen) atoms. The average molecular weight is 268 g/mol. The molecule has 0 aromatic carbocycles. The summed E-state index contributed by atoms with van der Waals surface area (Å²) in [6.45, 7) is 3.14. The van der Waals surface area contributed by atoms with Gasteiger partial charge in [0.2, 0.25) is 5.89 Å². The SMILES string of the molecule is CCOCCc1noc(CC2(C(=O)O)CCCC2)n1. The smallest absolute Gasteiger partial charge is 0.310 e. The van der Waals surface area contributed by atoms with E-state index in [2.05, 4.69) is 10.1 Å². The lowest BCUT2D eigenvalue weighted by atomic mass is 9.83. The van der Waals surface area contributed by atoms with Gasteiger partial charge in [-0.3, -0.25) is 4.79 Å². The molecule has 2 rings (SSSR count). The Balaban J connectivity index is 1.96. The van der Waals surface area contributed by atoms with Crippen LogP contribution in [0.25, 0.3) is 0 Å². The Morgan fingerprint density at radius 3 is 2.84 bits per heavy atom. The van der Waals surface area contributed by atoms with Crippen molar-refractivity contribution in [3.8, 4) is 0 Å². The van der Waals surface area contributed by atoms with Crippen LogP contribution in [0, 0.1) is 5.41 Å². The molecule has 0 amide bonds. The highest BCUT2D eigenvalue weighted by Gasteiger charge is 2.42. The Labute approximate surface area is 112 Å². The van der Waals surface area contributed by atoms with Gasteiger partial charge < -0.3 is 14.4 Å². The molecular weight excluding hydrogens is 248 g/mol. The highest BCUT2D eigenvalue weighted by molar-refractivity contribution is 5.75. The van der Waals surface area contributed by atoms with Gasteiger partial charge in [0.05, 0.1) is 12.0 Å². The summed E-state index contributed by atoms with van der Waals surface area (Å²) < 4.78 is 10.4. The average Bonchev–Trinajstić information content (AvgIpc) is 3.01. The Hall–Kier alpha value is -1.43. The van der Waals surface area contributed by atoms with Crippen LogP contribution in [0.4, 0.5) is 0 Å². The van der Waals surface area contributed by atoms with Crippen molar-refractivity contribution < 1.29 is 19.2 Å². The topological polar surface area (TPSA) is 85.5 Å². The number of hydrogen-bond donors (Lipinski definition) is 1. The fraction of sp³-hybridized carbons (Fsp3) is 0.769. The molecule has 6 heteroatoms. The van der Waals surface area contributed by atoms with Gasteiger partial charge in [-0.05, 0) is 19.8 Å². The molecule has 0 bridgehead atoms. The summed E-state index contributed by atoms with van der Waals surface area (Å²) >= 11 is 0. The summed E-state index contributed by atoms with van der Waals surface area (Å²) in [4.78, 5) is 15.7. The lowest BCUT2D eigenvalue weighted by Gasteiger charge is -2.21. The van der Waals surface area contributed by atoms with Crippen molar-refractivity contribution in [2.45, 2.75) is 45.4 Å². The third-order valence-electron chi connectivity index (χ3n) is 3.69. The number of nitrogens with zero attached hydrogens (tertiary/aromatic N) is 2. The summed E-state index contributed by atoms with van der Waals surface area (Å²) in [5.74, 6) is 0.261. The number of aliphatic carboxylic acids is 1. The van der Waals surface area contributed by atoms with Gasteiger partial charge >= 0.3 is 5.97 Å². The van der Waals surface area contributed by atoms with Crippen molar-refractivity contribution in [2.75, 3.05) is 13.2 Å². The normalized spacial score (nSPS) is 17.7. The van der Waals surface area contributed by atoms with Crippen LogP contribution >= 0.6 is 0 Å². The number of aromatic nitrogens is 2. The van der Waals surface area contributed by atoms with Gasteiger partial charge in [0.25, 0.3) is 0 Å². The molecule has 0 saturated heterocycles. The molecule has 1 aliphatic carbocycles. The molecule has 1 aromatic rings. The molecule has 0 radical (unpaired) electrons. The summed E-state index contributed by atoms with van der Waals surface area (Å²) in [7, 11) is 0. The summed E-state index contributed by atoms with van der Waals surface area (Å²) in [6.07, 6.45) is 4.23. The maximum atomic E-state index is 11.4. The predicted octanol–water partition coefficient (Wildman–Crippen LogP) is 1.84. The molecular formula is C13H20N2O4. The number of ether oxygens (including phenoxy) is 1. The van der Waals surface area contributed by atoms with Crippen molar-refractivity contribution in [2.24, 2.45) is 5.41 Å². The Kier molecular flexibility index (Phi) is 4.52. The first kappa shape index (κ1) is 14.0. The second kappa shape index (κ2) is 6.14. The zero-order valence-corrected chi connectivity index (χ0v) is 11.2. The zero-order valence-electron chi connectivity index (χ0n) is 11.2. The predicted molar refractivity (Wildman–Crippen MR) is 66.7 cm³/mol. The third-order valence-corrected chi connectivity index (χ3v) is 3.69. The van der Waals surface area contributed by atoms with Gasteiger partial charge in [0.15, 0.2) is 5.82 Å². The molecule has 1 fully saturated rings.